The maximum absolute atomic E-state index is 14.3. The average Bonchev–Trinajstić information content (AvgIpc) is 3.41. The molecule has 174 valence electrons. The SMILES string of the molecule is CC(NSc1ccc(C(O)c2ccc(-c3cccnc3F)cc2-c2ccoc2)cc1)S/C=C\N. The first-order chi connectivity index (χ1) is 16.6. The molecule has 0 amide bonds. The third-order valence-electron chi connectivity index (χ3n) is 5.15. The number of nitrogens with zero attached hydrogens (tertiary/aromatic N) is 1. The van der Waals surface area contributed by atoms with Gasteiger partial charge in [0.15, 0.2) is 0 Å². The van der Waals surface area contributed by atoms with E-state index in [-0.39, 0.29) is 5.37 Å². The molecule has 4 N–H and O–H groups in total. The summed E-state index contributed by atoms with van der Waals surface area (Å²) in [6.45, 7) is 2.05. The number of furan rings is 1. The Morgan fingerprint density at radius 3 is 2.62 bits per heavy atom. The zero-order valence-electron chi connectivity index (χ0n) is 18.4. The first-order valence-electron chi connectivity index (χ1n) is 10.6. The highest BCUT2D eigenvalue weighted by Crippen LogP contribution is 2.36. The van der Waals surface area contributed by atoms with Gasteiger partial charge >= 0.3 is 0 Å². The number of aliphatic hydroxyl groups excluding tert-OH is 1. The van der Waals surface area contributed by atoms with Crippen LogP contribution in [0.4, 0.5) is 4.39 Å². The quantitative estimate of drug-likeness (QED) is 0.143. The van der Waals surface area contributed by atoms with Crippen LogP contribution in [0.25, 0.3) is 22.3 Å². The smallest absolute Gasteiger partial charge is 0.220 e. The lowest BCUT2D eigenvalue weighted by molar-refractivity contribution is 0.221. The van der Waals surface area contributed by atoms with Crippen LogP contribution in [0.3, 0.4) is 0 Å². The fourth-order valence-electron chi connectivity index (χ4n) is 3.47. The van der Waals surface area contributed by atoms with Crippen molar-refractivity contribution in [3.05, 3.63) is 108 Å². The van der Waals surface area contributed by atoms with Gasteiger partial charge in [-0.05, 0) is 82.9 Å². The highest BCUT2D eigenvalue weighted by atomic mass is 32.2. The van der Waals surface area contributed by atoms with Crippen LogP contribution in [0.5, 0.6) is 0 Å². The van der Waals surface area contributed by atoms with E-state index in [1.807, 2.05) is 54.8 Å². The highest BCUT2D eigenvalue weighted by Gasteiger charge is 2.18. The van der Waals surface area contributed by atoms with Crippen LogP contribution >= 0.6 is 23.7 Å². The number of nitrogens with two attached hydrogens (primary N) is 1. The number of aromatic nitrogens is 1. The van der Waals surface area contributed by atoms with E-state index in [9.17, 15) is 9.50 Å². The standard InChI is InChI=1S/C26H24FN3O2S2/c1-17(33-14-11-28)30-34-21-7-4-18(5-8-21)25(31)23-9-6-19(22-3-2-12-29-26(22)27)15-24(23)20-10-13-32-16-20/h2-17,25,30-31H,28H2,1H3/b14-11-. The van der Waals surface area contributed by atoms with Crippen molar-refractivity contribution in [3.8, 4) is 22.3 Å². The Bertz CT molecular complexity index is 1250. The van der Waals surface area contributed by atoms with Gasteiger partial charge in [0.25, 0.3) is 0 Å². The topological polar surface area (TPSA) is 84.3 Å². The first kappa shape index (κ1) is 24.1. The molecule has 0 aliphatic heterocycles. The number of nitrogens with one attached hydrogen (secondary N) is 1. The number of hydrogen-bond donors (Lipinski definition) is 3. The van der Waals surface area contributed by atoms with Crippen molar-refractivity contribution >= 4 is 23.7 Å². The molecule has 4 rings (SSSR count). The van der Waals surface area contributed by atoms with Gasteiger partial charge in [0.2, 0.25) is 5.95 Å². The number of pyridine rings is 1. The molecule has 0 saturated carbocycles. The van der Waals surface area contributed by atoms with E-state index in [0.29, 0.717) is 16.7 Å². The number of halogens is 1. The van der Waals surface area contributed by atoms with Gasteiger partial charge in [0.1, 0.15) is 6.10 Å². The van der Waals surface area contributed by atoms with Crippen molar-refractivity contribution in [3.63, 3.8) is 0 Å². The maximum atomic E-state index is 14.3. The summed E-state index contributed by atoms with van der Waals surface area (Å²) in [5.41, 5.74) is 9.47. The Kier molecular flexibility index (Phi) is 8.08. The molecule has 0 bridgehead atoms. The van der Waals surface area contributed by atoms with Gasteiger partial charge in [-0.2, -0.15) is 4.39 Å². The molecule has 4 aromatic rings. The Morgan fingerprint density at radius 1 is 1.09 bits per heavy atom. The molecule has 0 fully saturated rings. The van der Waals surface area contributed by atoms with Crippen LogP contribution in [0, 0.1) is 5.95 Å². The van der Waals surface area contributed by atoms with Crippen molar-refractivity contribution < 1.29 is 13.9 Å². The van der Waals surface area contributed by atoms with E-state index in [4.69, 9.17) is 10.2 Å². The van der Waals surface area contributed by atoms with Gasteiger partial charge in [-0.15, -0.1) is 11.8 Å². The molecule has 8 heteroatoms. The van der Waals surface area contributed by atoms with Crippen molar-refractivity contribution in [1.29, 1.82) is 0 Å². The number of benzene rings is 2. The summed E-state index contributed by atoms with van der Waals surface area (Å²) >= 11 is 3.11. The van der Waals surface area contributed by atoms with Crippen molar-refractivity contribution in [1.82, 2.24) is 9.71 Å². The lowest BCUT2D eigenvalue weighted by Gasteiger charge is -2.18. The van der Waals surface area contributed by atoms with Crippen LogP contribution in [-0.4, -0.2) is 15.5 Å². The molecule has 2 aromatic heterocycles. The Hall–Kier alpha value is -3.04. The third kappa shape index (κ3) is 5.71. The van der Waals surface area contributed by atoms with Gasteiger partial charge in [0.05, 0.1) is 17.9 Å². The minimum absolute atomic E-state index is 0.191. The highest BCUT2D eigenvalue weighted by molar-refractivity contribution is 8.04. The molecule has 0 aliphatic rings. The predicted molar refractivity (Wildman–Crippen MR) is 137 cm³/mol. The molecule has 0 spiro atoms. The summed E-state index contributed by atoms with van der Waals surface area (Å²) in [4.78, 5) is 4.78. The fourth-order valence-corrected chi connectivity index (χ4v) is 4.74. The molecule has 5 nitrogen and oxygen atoms in total. The van der Waals surface area contributed by atoms with E-state index in [0.717, 1.165) is 21.6 Å². The maximum Gasteiger partial charge on any atom is 0.220 e. The third-order valence-corrected chi connectivity index (χ3v) is 7.12. The van der Waals surface area contributed by atoms with Crippen LogP contribution in [0.15, 0.2) is 100 Å². The average molecular weight is 494 g/mol. The van der Waals surface area contributed by atoms with E-state index in [1.165, 1.54) is 24.3 Å². The van der Waals surface area contributed by atoms with E-state index >= 15 is 0 Å². The summed E-state index contributed by atoms with van der Waals surface area (Å²) in [6.07, 6.45) is 5.25. The summed E-state index contributed by atoms with van der Waals surface area (Å²) in [5.74, 6) is -0.539. The zero-order chi connectivity index (χ0) is 23.9. The van der Waals surface area contributed by atoms with Gasteiger partial charge in [0, 0.05) is 28.4 Å². The summed E-state index contributed by atoms with van der Waals surface area (Å²) in [6, 6.07) is 18.4. The van der Waals surface area contributed by atoms with Crippen LogP contribution in [-0.2, 0) is 0 Å². The number of rotatable bonds is 9. The molecule has 0 aliphatic carbocycles. The van der Waals surface area contributed by atoms with Crippen LogP contribution in [0.2, 0.25) is 0 Å². The Morgan fingerprint density at radius 2 is 1.91 bits per heavy atom. The van der Waals surface area contributed by atoms with Crippen LogP contribution < -0.4 is 10.5 Å². The van der Waals surface area contributed by atoms with Gasteiger partial charge in [-0.1, -0.05) is 24.3 Å². The summed E-state index contributed by atoms with van der Waals surface area (Å²) in [5, 5.41) is 13.3. The van der Waals surface area contributed by atoms with Crippen molar-refractivity contribution in [2.45, 2.75) is 23.3 Å². The van der Waals surface area contributed by atoms with E-state index in [1.54, 1.807) is 42.5 Å². The zero-order valence-corrected chi connectivity index (χ0v) is 20.0. The molecule has 34 heavy (non-hydrogen) atoms. The van der Waals surface area contributed by atoms with Crippen molar-refractivity contribution in [2.75, 3.05) is 0 Å². The molecule has 2 atom stereocenters. The second kappa shape index (κ2) is 11.4. The van der Waals surface area contributed by atoms with Gasteiger partial charge < -0.3 is 15.3 Å². The van der Waals surface area contributed by atoms with Gasteiger partial charge in [-0.25, -0.2) is 9.71 Å². The molecule has 0 saturated heterocycles. The monoisotopic (exact) mass is 493 g/mol. The predicted octanol–water partition coefficient (Wildman–Crippen LogP) is 6.34. The lowest BCUT2D eigenvalue weighted by Crippen LogP contribution is -2.13. The number of thioether (sulfide) groups is 1. The van der Waals surface area contributed by atoms with Gasteiger partial charge in [-0.3, -0.25) is 0 Å². The molecular formula is C26H24FN3O2S2. The molecule has 2 aromatic carbocycles. The normalized spacial score (nSPS) is 13.3. The fraction of sp³-hybridized carbons (Fsp3) is 0.115. The molecule has 2 heterocycles. The Balaban J connectivity index is 1.59. The minimum Gasteiger partial charge on any atom is -0.472 e. The second-order valence-corrected chi connectivity index (χ2v) is 9.62. The first-order valence-corrected chi connectivity index (χ1v) is 12.3. The lowest BCUT2D eigenvalue weighted by atomic mass is 9.91. The number of aliphatic hydroxyl groups is 1. The van der Waals surface area contributed by atoms with Crippen LogP contribution in [0.1, 0.15) is 24.2 Å². The molecule has 0 radical (unpaired) electrons. The summed E-state index contributed by atoms with van der Waals surface area (Å²) in [7, 11) is 0. The minimum atomic E-state index is -0.867. The van der Waals surface area contributed by atoms with E-state index in [2.05, 4.69) is 9.71 Å². The van der Waals surface area contributed by atoms with E-state index < -0.39 is 12.1 Å². The molecular weight excluding hydrogens is 469 g/mol. The molecule has 2 unspecified atom stereocenters. The largest absolute Gasteiger partial charge is 0.472 e. The van der Waals surface area contributed by atoms with Crippen molar-refractivity contribution in [2.24, 2.45) is 5.73 Å². The Labute approximate surface area is 206 Å². The second-order valence-electron chi connectivity index (χ2n) is 7.45. The number of hydrogen-bond acceptors (Lipinski definition) is 7. The summed E-state index contributed by atoms with van der Waals surface area (Å²) < 4.78 is 22.9.